The van der Waals surface area contributed by atoms with Gasteiger partial charge < -0.3 is 14.5 Å². The molecule has 0 bridgehead atoms. The van der Waals surface area contributed by atoms with Crippen LogP contribution in [0.15, 0.2) is 44.4 Å². The molecule has 8 heteroatoms. The molecule has 0 aliphatic rings. The van der Waals surface area contributed by atoms with Gasteiger partial charge in [0, 0.05) is 4.47 Å². The van der Waals surface area contributed by atoms with Crippen LogP contribution in [0, 0.1) is 27.7 Å². The third kappa shape index (κ3) is 5.61. The third-order valence-electron chi connectivity index (χ3n) is 4.54. The fourth-order valence-electron chi connectivity index (χ4n) is 2.57. The van der Waals surface area contributed by atoms with Gasteiger partial charge in [-0.15, -0.1) is 10.2 Å². The standard InChI is InChI=1S/C21H22BrN3O3S/c1-12-6-5-7-18(15(12)4)27-10-20-24-25-21(28-20)29-11-19(26)23-17-9-14(3)13(2)8-16(17)22/h5-9H,10-11H2,1-4H3,(H,23,26). The number of ether oxygens (including phenoxy) is 1. The van der Waals surface area contributed by atoms with Crippen molar-refractivity contribution in [2.24, 2.45) is 0 Å². The largest absolute Gasteiger partial charge is 0.484 e. The molecule has 3 rings (SSSR count). The van der Waals surface area contributed by atoms with Crippen LogP contribution >= 0.6 is 27.7 Å². The zero-order valence-electron chi connectivity index (χ0n) is 16.7. The zero-order valence-corrected chi connectivity index (χ0v) is 19.1. The Hall–Kier alpha value is -2.32. The third-order valence-corrected chi connectivity index (χ3v) is 6.01. The smallest absolute Gasteiger partial charge is 0.277 e. The summed E-state index contributed by atoms with van der Waals surface area (Å²) in [5, 5.41) is 11.2. The molecule has 2 aromatic carbocycles. The number of benzene rings is 2. The van der Waals surface area contributed by atoms with Crippen molar-refractivity contribution in [2.75, 3.05) is 11.1 Å². The number of carbonyl (C=O) groups excluding carboxylic acids is 1. The lowest BCUT2D eigenvalue weighted by Crippen LogP contribution is -2.14. The molecule has 6 nitrogen and oxygen atoms in total. The second-order valence-corrected chi connectivity index (χ2v) is 8.48. The topological polar surface area (TPSA) is 77.2 Å². The molecule has 1 amide bonds. The SMILES string of the molecule is Cc1cc(Br)c(NC(=O)CSc2nnc(COc3cccc(C)c3C)o2)cc1C. The van der Waals surface area contributed by atoms with Gasteiger partial charge in [0.1, 0.15) is 5.75 Å². The summed E-state index contributed by atoms with van der Waals surface area (Å²) >= 11 is 4.66. The van der Waals surface area contributed by atoms with Crippen LogP contribution in [0.3, 0.4) is 0 Å². The maximum Gasteiger partial charge on any atom is 0.277 e. The van der Waals surface area contributed by atoms with E-state index in [1.54, 1.807) is 0 Å². The average molecular weight is 476 g/mol. The number of aryl methyl sites for hydroxylation is 3. The molecule has 0 spiro atoms. The van der Waals surface area contributed by atoms with Crippen molar-refractivity contribution in [1.82, 2.24) is 10.2 Å². The summed E-state index contributed by atoms with van der Waals surface area (Å²) in [6.45, 7) is 8.25. The van der Waals surface area contributed by atoms with Crippen molar-refractivity contribution in [2.45, 2.75) is 39.5 Å². The number of hydrogen-bond acceptors (Lipinski definition) is 6. The van der Waals surface area contributed by atoms with Crippen molar-refractivity contribution >= 4 is 39.3 Å². The quantitative estimate of drug-likeness (QED) is 0.462. The molecule has 1 N–H and O–H groups in total. The number of nitrogens with one attached hydrogen (secondary N) is 1. The molecular weight excluding hydrogens is 454 g/mol. The number of thioether (sulfide) groups is 1. The highest BCUT2D eigenvalue weighted by atomic mass is 79.9. The van der Waals surface area contributed by atoms with Gasteiger partial charge in [0.15, 0.2) is 6.61 Å². The first kappa shape index (κ1) is 21.4. The predicted molar refractivity (Wildman–Crippen MR) is 118 cm³/mol. The summed E-state index contributed by atoms with van der Waals surface area (Å²) in [7, 11) is 0. The summed E-state index contributed by atoms with van der Waals surface area (Å²) in [4.78, 5) is 12.3. The fraction of sp³-hybridized carbons (Fsp3) is 0.286. The normalized spacial score (nSPS) is 10.8. The fourth-order valence-corrected chi connectivity index (χ4v) is 3.70. The van der Waals surface area contributed by atoms with Gasteiger partial charge in [0.25, 0.3) is 11.1 Å². The highest BCUT2D eigenvalue weighted by Gasteiger charge is 2.13. The van der Waals surface area contributed by atoms with Crippen molar-refractivity contribution in [1.29, 1.82) is 0 Å². The molecule has 0 aliphatic carbocycles. The van der Waals surface area contributed by atoms with Crippen LogP contribution in [0.1, 0.15) is 28.1 Å². The lowest BCUT2D eigenvalue weighted by atomic mass is 10.1. The molecule has 0 unspecified atom stereocenters. The number of hydrogen-bond donors (Lipinski definition) is 1. The van der Waals surface area contributed by atoms with E-state index < -0.39 is 0 Å². The molecule has 152 valence electrons. The van der Waals surface area contributed by atoms with Gasteiger partial charge >= 0.3 is 0 Å². The molecule has 0 aliphatic heterocycles. The van der Waals surface area contributed by atoms with E-state index in [2.05, 4.69) is 31.4 Å². The Kier molecular flexibility index (Phi) is 6.97. The molecule has 3 aromatic rings. The minimum atomic E-state index is -0.148. The van der Waals surface area contributed by atoms with Gasteiger partial charge in [-0.25, -0.2) is 0 Å². The highest BCUT2D eigenvalue weighted by Crippen LogP contribution is 2.27. The van der Waals surface area contributed by atoms with Crippen LogP contribution < -0.4 is 10.1 Å². The molecule has 0 radical (unpaired) electrons. The van der Waals surface area contributed by atoms with E-state index in [1.807, 2.05) is 58.0 Å². The number of amides is 1. The van der Waals surface area contributed by atoms with E-state index in [4.69, 9.17) is 9.15 Å². The molecular formula is C21H22BrN3O3S. The van der Waals surface area contributed by atoms with Gasteiger partial charge in [-0.1, -0.05) is 23.9 Å². The van der Waals surface area contributed by atoms with Crippen molar-refractivity contribution in [3.63, 3.8) is 0 Å². The molecule has 0 atom stereocenters. The molecule has 1 aromatic heterocycles. The Morgan fingerprint density at radius 2 is 1.90 bits per heavy atom. The second kappa shape index (κ2) is 9.45. The minimum Gasteiger partial charge on any atom is -0.484 e. The lowest BCUT2D eigenvalue weighted by Gasteiger charge is -2.09. The number of nitrogens with zero attached hydrogens (tertiary/aromatic N) is 2. The van der Waals surface area contributed by atoms with Crippen molar-refractivity contribution < 1.29 is 13.9 Å². The van der Waals surface area contributed by atoms with E-state index in [0.29, 0.717) is 11.1 Å². The predicted octanol–water partition coefficient (Wildman–Crippen LogP) is 5.38. The Balaban J connectivity index is 1.52. The van der Waals surface area contributed by atoms with E-state index in [0.717, 1.165) is 38.2 Å². The number of rotatable bonds is 7. The van der Waals surface area contributed by atoms with Gasteiger partial charge in [-0.05, 0) is 84.1 Å². The van der Waals surface area contributed by atoms with E-state index in [9.17, 15) is 4.79 Å². The summed E-state index contributed by atoms with van der Waals surface area (Å²) < 4.78 is 12.2. The molecule has 0 fully saturated rings. The Labute approximate surface area is 182 Å². The van der Waals surface area contributed by atoms with Crippen LogP contribution in [-0.4, -0.2) is 21.9 Å². The average Bonchev–Trinajstić information content (AvgIpc) is 3.13. The van der Waals surface area contributed by atoms with Crippen molar-refractivity contribution in [3.05, 3.63) is 62.9 Å². The van der Waals surface area contributed by atoms with E-state index >= 15 is 0 Å². The monoisotopic (exact) mass is 475 g/mol. The number of anilines is 1. The molecule has 1 heterocycles. The Morgan fingerprint density at radius 3 is 2.69 bits per heavy atom. The number of carbonyl (C=O) groups is 1. The van der Waals surface area contributed by atoms with Crippen LogP contribution in [0.5, 0.6) is 5.75 Å². The first-order valence-corrected chi connectivity index (χ1v) is 10.8. The lowest BCUT2D eigenvalue weighted by molar-refractivity contribution is -0.113. The minimum absolute atomic E-state index is 0.148. The summed E-state index contributed by atoms with van der Waals surface area (Å²) in [6.07, 6.45) is 0. The van der Waals surface area contributed by atoms with Crippen LogP contribution in [0.2, 0.25) is 0 Å². The first-order valence-electron chi connectivity index (χ1n) is 9.04. The highest BCUT2D eigenvalue weighted by molar-refractivity contribution is 9.10. The van der Waals surface area contributed by atoms with E-state index in [-0.39, 0.29) is 18.3 Å². The van der Waals surface area contributed by atoms with Gasteiger partial charge in [0.2, 0.25) is 5.91 Å². The van der Waals surface area contributed by atoms with Crippen LogP contribution in [-0.2, 0) is 11.4 Å². The summed E-state index contributed by atoms with van der Waals surface area (Å²) in [6, 6.07) is 9.81. The maximum absolute atomic E-state index is 12.3. The molecule has 0 saturated carbocycles. The maximum atomic E-state index is 12.3. The number of aromatic nitrogens is 2. The summed E-state index contributed by atoms with van der Waals surface area (Å²) in [5.74, 6) is 1.17. The molecule has 0 saturated heterocycles. The summed E-state index contributed by atoms with van der Waals surface area (Å²) in [5.41, 5.74) is 5.25. The Morgan fingerprint density at radius 1 is 1.14 bits per heavy atom. The van der Waals surface area contributed by atoms with Crippen LogP contribution in [0.25, 0.3) is 0 Å². The van der Waals surface area contributed by atoms with Crippen molar-refractivity contribution in [3.8, 4) is 5.75 Å². The Bertz CT molecular complexity index is 1040. The van der Waals surface area contributed by atoms with Gasteiger partial charge in [-0.3, -0.25) is 4.79 Å². The number of halogens is 1. The van der Waals surface area contributed by atoms with E-state index in [1.165, 1.54) is 11.8 Å². The van der Waals surface area contributed by atoms with Gasteiger partial charge in [0.05, 0.1) is 11.4 Å². The molecule has 29 heavy (non-hydrogen) atoms. The zero-order chi connectivity index (χ0) is 21.0. The van der Waals surface area contributed by atoms with Gasteiger partial charge in [-0.2, -0.15) is 0 Å². The second-order valence-electron chi connectivity index (χ2n) is 6.70. The van der Waals surface area contributed by atoms with Crippen LogP contribution in [0.4, 0.5) is 5.69 Å². The first-order chi connectivity index (χ1) is 13.8.